The van der Waals surface area contributed by atoms with Gasteiger partial charge in [0.15, 0.2) is 0 Å². The van der Waals surface area contributed by atoms with Crippen molar-refractivity contribution in [1.82, 2.24) is 16.0 Å². The topological polar surface area (TPSA) is 172 Å². The van der Waals surface area contributed by atoms with Gasteiger partial charge in [0.25, 0.3) is 11.8 Å². The predicted octanol–water partition coefficient (Wildman–Crippen LogP) is 5.47. The van der Waals surface area contributed by atoms with Crippen molar-refractivity contribution in [1.29, 1.82) is 0 Å². The second-order valence-electron chi connectivity index (χ2n) is 13.1. The molecule has 0 fully saturated rings. The smallest absolute Gasteiger partial charge is 0.323 e. The molecule has 3 aliphatic heterocycles. The van der Waals surface area contributed by atoms with Crippen molar-refractivity contribution in [2.45, 2.75) is 38.9 Å². The molecule has 0 spiro atoms. The van der Waals surface area contributed by atoms with Crippen LogP contribution in [0.4, 0.5) is 27.5 Å². The zero-order valence-corrected chi connectivity index (χ0v) is 30.3. The minimum Gasteiger partial charge on any atom is -0.368 e. The number of nitrogens with one attached hydrogen (secondary N) is 7. The monoisotopic (exact) mass is 732 g/mol. The average molecular weight is 733 g/mol. The molecule has 0 saturated heterocycles. The molecule has 53 heavy (non-hydrogen) atoms. The molecule has 0 saturated carbocycles. The molecular formula is C39H41ClN10O3. The Morgan fingerprint density at radius 2 is 1.06 bits per heavy atom. The van der Waals surface area contributed by atoms with Gasteiger partial charge >= 0.3 is 6.03 Å². The van der Waals surface area contributed by atoms with Crippen molar-refractivity contribution >= 4 is 70.5 Å². The minimum absolute atomic E-state index is 0. The Balaban J connectivity index is 0.00000481. The third-order valence-electron chi connectivity index (χ3n) is 8.74. The minimum atomic E-state index is -0.588. The molecular weight excluding hydrogens is 692 g/mol. The molecule has 3 atom stereocenters. The van der Waals surface area contributed by atoms with Gasteiger partial charge in [0.05, 0.1) is 29.4 Å². The van der Waals surface area contributed by atoms with Crippen LogP contribution in [0.1, 0.15) is 58.2 Å². The predicted molar refractivity (Wildman–Crippen MR) is 214 cm³/mol. The zero-order valence-electron chi connectivity index (χ0n) is 29.5. The molecule has 7 rings (SSSR count). The summed E-state index contributed by atoms with van der Waals surface area (Å²) in [7, 11) is 0. The number of hydrogen-bond donors (Lipinski definition) is 7. The van der Waals surface area contributed by atoms with Gasteiger partial charge in [-0.15, -0.1) is 12.4 Å². The zero-order chi connectivity index (χ0) is 36.2. The SMILES string of the molecule is CC1CNC(c2ccc(NC(=O)c3ccc(C(=O)Nc4ccc(C5=NC(C)CN5)cc4)c(NC(=O)Nc4cccc(C5=NC(C)CN5)c4)c3)cc2)=N1.Cl. The van der Waals surface area contributed by atoms with Crippen molar-refractivity contribution in [2.75, 3.05) is 40.9 Å². The van der Waals surface area contributed by atoms with Gasteiger partial charge in [-0.2, -0.15) is 0 Å². The van der Waals surface area contributed by atoms with Crippen LogP contribution in [0.25, 0.3) is 0 Å². The van der Waals surface area contributed by atoms with Crippen LogP contribution in [0.3, 0.4) is 0 Å². The number of hydrogen-bond acceptors (Lipinski definition) is 9. The Hall–Kier alpha value is -6.21. The molecule has 14 heteroatoms. The maximum absolute atomic E-state index is 13.7. The van der Waals surface area contributed by atoms with E-state index < -0.39 is 17.8 Å². The maximum Gasteiger partial charge on any atom is 0.323 e. The molecule has 4 aromatic rings. The molecule has 13 nitrogen and oxygen atoms in total. The lowest BCUT2D eigenvalue weighted by Gasteiger charge is -2.15. The molecule has 3 aliphatic rings. The number of amides is 4. The number of anilines is 4. The summed E-state index contributed by atoms with van der Waals surface area (Å²) in [6.45, 7) is 8.42. The Labute approximate surface area is 313 Å². The van der Waals surface area contributed by atoms with E-state index in [2.05, 4.69) is 52.2 Å². The molecule has 4 aromatic carbocycles. The van der Waals surface area contributed by atoms with Crippen LogP contribution >= 0.6 is 12.4 Å². The van der Waals surface area contributed by atoms with Crippen LogP contribution in [0.2, 0.25) is 0 Å². The van der Waals surface area contributed by atoms with E-state index in [9.17, 15) is 14.4 Å². The Bertz CT molecular complexity index is 2110. The van der Waals surface area contributed by atoms with E-state index >= 15 is 0 Å². The lowest BCUT2D eigenvalue weighted by atomic mass is 10.1. The van der Waals surface area contributed by atoms with Gasteiger partial charge in [0.1, 0.15) is 17.5 Å². The Kier molecular flexibility index (Phi) is 11.0. The first-order valence-corrected chi connectivity index (χ1v) is 17.3. The van der Waals surface area contributed by atoms with Gasteiger partial charge in [-0.1, -0.05) is 12.1 Å². The number of amidine groups is 3. The number of urea groups is 1. The first kappa shape index (κ1) is 36.6. The average Bonchev–Trinajstić information content (AvgIpc) is 3.90. The van der Waals surface area contributed by atoms with Crippen molar-refractivity contribution < 1.29 is 14.4 Å². The fourth-order valence-electron chi connectivity index (χ4n) is 6.04. The maximum atomic E-state index is 13.7. The second kappa shape index (κ2) is 16.0. The van der Waals surface area contributed by atoms with Crippen LogP contribution in [0.5, 0.6) is 0 Å². The van der Waals surface area contributed by atoms with E-state index in [1.165, 1.54) is 12.1 Å². The highest BCUT2D eigenvalue weighted by molar-refractivity contribution is 6.14. The van der Waals surface area contributed by atoms with E-state index in [0.29, 0.717) is 17.1 Å². The molecule has 3 heterocycles. The fourth-order valence-corrected chi connectivity index (χ4v) is 6.04. The van der Waals surface area contributed by atoms with Gasteiger partial charge < -0.3 is 37.2 Å². The standard InChI is InChI=1S/C39H40N10O3.ClH/c1-22-19-40-34(43-22)25-7-12-29(13-8-25)46-37(50)28-11-16-32(38(51)47-30-14-9-26(10-15-30)35-41-20-23(2)44-35)33(18-28)49-39(52)48-31-6-4-5-27(17-31)36-42-21-24(3)45-36;/h4-18,22-24H,19-21H2,1-3H3,(H,40,43)(H,41,44)(H,42,45)(H,46,50)(H,47,51)(H2,48,49,52);1H. The van der Waals surface area contributed by atoms with E-state index in [4.69, 9.17) is 0 Å². The van der Waals surface area contributed by atoms with Gasteiger partial charge in [-0.05, 0) is 99.6 Å². The van der Waals surface area contributed by atoms with Crippen molar-refractivity contribution in [3.8, 4) is 0 Å². The first-order valence-electron chi connectivity index (χ1n) is 17.3. The fraction of sp³-hybridized carbons (Fsp3) is 0.231. The highest BCUT2D eigenvalue weighted by atomic mass is 35.5. The van der Waals surface area contributed by atoms with Gasteiger partial charge in [0.2, 0.25) is 0 Å². The summed E-state index contributed by atoms with van der Waals surface area (Å²) in [5.74, 6) is 1.53. The number of halogens is 1. The van der Waals surface area contributed by atoms with Crippen LogP contribution < -0.4 is 37.2 Å². The third kappa shape index (κ3) is 8.82. The van der Waals surface area contributed by atoms with Gasteiger partial charge in [-0.25, -0.2) is 4.79 Å². The van der Waals surface area contributed by atoms with Crippen LogP contribution in [-0.4, -0.2) is 73.1 Å². The molecule has 0 bridgehead atoms. The van der Waals surface area contributed by atoms with Gasteiger partial charge in [-0.3, -0.25) is 24.6 Å². The Morgan fingerprint density at radius 1 is 0.547 bits per heavy atom. The molecule has 4 amide bonds. The Morgan fingerprint density at radius 3 is 1.57 bits per heavy atom. The molecule has 3 unspecified atom stereocenters. The summed E-state index contributed by atoms with van der Waals surface area (Å²) in [4.78, 5) is 54.3. The molecule has 7 N–H and O–H groups in total. The van der Waals surface area contributed by atoms with Crippen LogP contribution in [-0.2, 0) is 0 Å². The summed E-state index contributed by atoms with van der Waals surface area (Å²) in [6.07, 6.45) is 0. The van der Waals surface area contributed by atoms with Crippen molar-refractivity contribution in [3.63, 3.8) is 0 Å². The highest BCUT2D eigenvalue weighted by Gasteiger charge is 2.20. The van der Waals surface area contributed by atoms with E-state index in [1.807, 2.05) is 63.2 Å². The quantitative estimate of drug-likeness (QED) is 0.120. The van der Waals surface area contributed by atoms with Crippen molar-refractivity contribution in [2.24, 2.45) is 15.0 Å². The molecule has 0 aromatic heterocycles. The number of rotatable bonds is 9. The summed E-state index contributed by atoms with van der Waals surface area (Å²) in [5.41, 5.74) is 4.93. The second-order valence-corrected chi connectivity index (χ2v) is 13.1. The molecule has 0 radical (unpaired) electrons. The molecule has 272 valence electrons. The lowest BCUT2D eigenvalue weighted by molar-refractivity contribution is 0.101. The highest BCUT2D eigenvalue weighted by Crippen LogP contribution is 2.23. The van der Waals surface area contributed by atoms with Gasteiger partial charge in [0, 0.05) is 59.0 Å². The van der Waals surface area contributed by atoms with E-state index in [1.54, 1.807) is 36.4 Å². The summed E-state index contributed by atoms with van der Waals surface area (Å²) < 4.78 is 0. The first-order chi connectivity index (χ1) is 25.2. The molecule has 0 aliphatic carbocycles. The number of carbonyl (C=O) groups is 3. The largest absolute Gasteiger partial charge is 0.368 e. The van der Waals surface area contributed by atoms with E-state index in [-0.39, 0.29) is 47.3 Å². The number of aliphatic imine (C=N–C) groups is 3. The number of nitrogens with zero attached hydrogens (tertiary/aromatic N) is 3. The summed E-state index contributed by atoms with van der Waals surface area (Å²) >= 11 is 0. The number of benzene rings is 4. The lowest BCUT2D eigenvalue weighted by Crippen LogP contribution is -2.24. The van der Waals surface area contributed by atoms with Crippen molar-refractivity contribution in [3.05, 3.63) is 119 Å². The van der Waals surface area contributed by atoms with Crippen LogP contribution in [0.15, 0.2) is 106 Å². The van der Waals surface area contributed by atoms with Crippen LogP contribution in [0, 0.1) is 0 Å². The summed E-state index contributed by atoms with van der Waals surface area (Å²) in [6, 6.07) is 26.6. The summed E-state index contributed by atoms with van der Waals surface area (Å²) in [5, 5.41) is 21.3. The normalized spacial score (nSPS) is 18.5. The third-order valence-corrected chi connectivity index (χ3v) is 8.74. The number of carbonyl (C=O) groups excluding carboxylic acids is 3. The van der Waals surface area contributed by atoms with E-state index in [0.717, 1.165) is 53.8 Å².